The van der Waals surface area contributed by atoms with Crippen LogP contribution in [0, 0.1) is 0 Å². The van der Waals surface area contributed by atoms with Crippen molar-refractivity contribution in [3.8, 4) is 11.5 Å². The highest BCUT2D eigenvalue weighted by atomic mass is 32.1. The number of fused-ring (bicyclic) bond motifs is 1. The van der Waals surface area contributed by atoms with Crippen molar-refractivity contribution in [1.82, 2.24) is 5.32 Å². The fourth-order valence-corrected chi connectivity index (χ4v) is 2.60. The number of hydrogen-bond donors (Lipinski definition) is 2. The van der Waals surface area contributed by atoms with Crippen LogP contribution in [0.1, 0.15) is 24.0 Å². The van der Waals surface area contributed by atoms with Gasteiger partial charge in [0.05, 0.1) is 14.2 Å². The van der Waals surface area contributed by atoms with E-state index in [2.05, 4.69) is 23.5 Å². The maximum atomic E-state index is 5.44. The molecule has 0 heterocycles. The zero-order valence-electron chi connectivity index (χ0n) is 11.9. The van der Waals surface area contributed by atoms with Crippen molar-refractivity contribution >= 4 is 22.9 Å². The summed E-state index contributed by atoms with van der Waals surface area (Å²) in [5.41, 5.74) is 9.28. The molecule has 0 radical (unpaired) electrons. The van der Waals surface area contributed by atoms with Gasteiger partial charge in [-0.2, -0.15) is 0 Å². The minimum atomic E-state index is 0.324. The topological polar surface area (TPSA) is 56.5 Å². The van der Waals surface area contributed by atoms with Crippen LogP contribution in [0.15, 0.2) is 18.2 Å². The first-order valence-corrected chi connectivity index (χ1v) is 7.04. The molecular weight excluding hydrogens is 272 g/mol. The van der Waals surface area contributed by atoms with E-state index in [0.29, 0.717) is 11.7 Å². The Hall–Kier alpha value is -1.75. The lowest BCUT2D eigenvalue weighted by molar-refractivity contribution is 0.354. The Balaban J connectivity index is 2.32. The van der Waals surface area contributed by atoms with E-state index in [1.807, 2.05) is 0 Å². The third kappa shape index (κ3) is 3.22. The number of nitrogens with one attached hydrogen (secondary N) is 1. The number of hydrogen-bond acceptors (Lipinski definition) is 3. The summed E-state index contributed by atoms with van der Waals surface area (Å²) >= 11 is 4.81. The molecular formula is C15H20N2O2S. The van der Waals surface area contributed by atoms with Crippen molar-refractivity contribution < 1.29 is 9.47 Å². The van der Waals surface area contributed by atoms with Gasteiger partial charge in [-0.25, -0.2) is 0 Å². The number of benzene rings is 1. The van der Waals surface area contributed by atoms with Gasteiger partial charge in [-0.15, -0.1) is 0 Å². The molecule has 1 aromatic rings. The first kappa shape index (κ1) is 14.7. The van der Waals surface area contributed by atoms with E-state index in [1.165, 1.54) is 16.7 Å². The van der Waals surface area contributed by atoms with Crippen LogP contribution in [0.25, 0.3) is 5.57 Å². The van der Waals surface area contributed by atoms with Crippen LogP contribution < -0.4 is 20.5 Å². The summed E-state index contributed by atoms with van der Waals surface area (Å²) in [5.74, 6) is 1.55. The van der Waals surface area contributed by atoms with Crippen molar-refractivity contribution in [2.75, 3.05) is 20.8 Å². The van der Waals surface area contributed by atoms with E-state index in [1.54, 1.807) is 14.2 Å². The average Bonchev–Trinajstić information content (AvgIpc) is 2.45. The standard InChI is InChI=1S/C15H20N2O2S/c1-18-13-8-11-5-3-4-10(6-7-17-15(16)20)12(11)9-14(13)19-2/h6,8-9H,3-5,7H2,1-2H3,(H3,16,17,20). The molecule has 0 spiro atoms. The quantitative estimate of drug-likeness (QED) is 0.834. The van der Waals surface area contributed by atoms with Gasteiger partial charge in [-0.05, 0) is 60.3 Å². The molecule has 1 aromatic carbocycles. The number of thiocarbonyl (C=S) groups is 1. The fraction of sp³-hybridized carbons (Fsp3) is 0.400. The van der Waals surface area contributed by atoms with Crippen LogP contribution in [0.3, 0.4) is 0 Å². The maximum Gasteiger partial charge on any atom is 0.163 e. The second-order valence-electron chi connectivity index (χ2n) is 4.69. The van der Waals surface area contributed by atoms with Crippen molar-refractivity contribution in [3.63, 3.8) is 0 Å². The highest BCUT2D eigenvalue weighted by Crippen LogP contribution is 2.38. The number of nitrogens with two attached hydrogens (primary N) is 1. The summed E-state index contributed by atoms with van der Waals surface area (Å²) in [6.45, 7) is 0.651. The molecule has 2 rings (SSSR count). The van der Waals surface area contributed by atoms with Crippen molar-refractivity contribution in [2.45, 2.75) is 19.3 Å². The van der Waals surface area contributed by atoms with Crippen LogP contribution in [0.2, 0.25) is 0 Å². The van der Waals surface area contributed by atoms with Crippen LogP contribution in [-0.4, -0.2) is 25.9 Å². The number of methoxy groups -OCH3 is 2. The highest BCUT2D eigenvalue weighted by Gasteiger charge is 2.17. The fourth-order valence-electron chi connectivity index (χ4n) is 2.52. The maximum absolute atomic E-state index is 5.44. The van der Waals surface area contributed by atoms with E-state index in [9.17, 15) is 0 Å². The van der Waals surface area contributed by atoms with Gasteiger partial charge in [0.15, 0.2) is 16.6 Å². The molecule has 0 saturated heterocycles. The van der Waals surface area contributed by atoms with Gasteiger partial charge in [0.1, 0.15) is 0 Å². The lowest BCUT2D eigenvalue weighted by Gasteiger charge is -2.21. The first-order chi connectivity index (χ1) is 9.65. The lowest BCUT2D eigenvalue weighted by atomic mass is 9.86. The van der Waals surface area contributed by atoms with Gasteiger partial charge in [-0.1, -0.05) is 6.08 Å². The van der Waals surface area contributed by atoms with Crippen LogP contribution in [0.5, 0.6) is 11.5 Å². The zero-order valence-corrected chi connectivity index (χ0v) is 12.7. The lowest BCUT2D eigenvalue weighted by Crippen LogP contribution is -2.29. The molecule has 20 heavy (non-hydrogen) atoms. The van der Waals surface area contributed by atoms with Gasteiger partial charge in [0.25, 0.3) is 0 Å². The van der Waals surface area contributed by atoms with E-state index >= 15 is 0 Å². The number of aryl methyl sites for hydroxylation is 1. The first-order valence-electron chi connectivity index (χ1n) is 6.63. The molecule has 0 unspecified atom stereocenters. The van der Waals surface area contributed by atoms with Crippen LogP contribution >= 0.6 is 12.2 Å². The van der Waals surface area contributed by atoms with E-state index in [-0.39, 0.29) is 0 Å². The molecule has 0 aromatic heterocycles. The predicted octanol–water partition coefficient (Wildman–Crippen LogP) is 2.26. The summed E-state index contributed by atoms with van der Waals surface area (Å²) in [6, 6.07) is 4.13. The Morgan fingerprint density at radius 3 is 2.65 bits per heavy atom. The van der Waals surface area contributed by atoms with Crippen molar-refractivity contribution in [3.05, 3.63) is 29.3 Å². The Kier molecular flexibility index (Phi) is 4.84. The molecule has 0 atom stereocenters. The SMILES string of the molecule is COc1cc2c(cc1OC)C(=CCNC(N)=S)CCC2. The summed E-state index contributed by atoms with van der Waals surface area (Å²) in [4.78, 5) is 0. The minimum Gasteiger partial charge on any atom is -0.493 e. The second kappa shape index (κ2) is 6.61. The number of ether oxygens (including phenoxy) is 2. The Labute approximate surface area is 124 Å². The van der Waals surface area contributed by atoms with E-state index in [4.69, 9.17) is 27.4 Å². The molecule has 0 saturated carbocycles. The third-order valence-corrected chi connectivity index (χ3v) is 3.62. The van der Waals surface area contributed by atoms with Gasteiger partial charge in [0.2, 0.25) is 0 Å². The molecule has 0 amide bonds. The number of allylic oxidation sites excluding steroid dienone is 1. The van der Waals surface area contributed by atoms with Gasteiger partial charge in [0, 0.05) is 6.54 Å². The third-order valence-electron chi connectivity index (χ3n) is 3.47. The highest BCUT2D eigenvalue weighted by molar-refractivity contribution is 7.80. The van der Waals surface area contributed by atoms with Gasteiger partial charge in [-0.3, -0.25) is 0 Å². The predicted molar refractivity (Wildman–Crippen MR) is 85.2 cm³/mol. The zero-order chi connectivity index (χ0) is 14.5. The van der Waals surface area contributed by atoms with Gasteiger partial charge < -0.3 is 20.5 Å². The van der Waals surface area contributed by atoms with E-state index in [0.717, 1.165) is 30.8 Å². The number of rotatable bonds is 4. The molecule has 3 N–H and O–H groups in total. The summed E-state index contributed by atoms with van der Waals surface area (Å²) < 4.78 is 10.7. The molecule has 0 aliphatic heterocycles. The minimum absolute atomic E-state index is 0.324. The van der Waals surface area contributed by atoms with Crippen LogP contribution in [-0.2, 0) is 6.42 Å². The molecule has 4 nitrogen and oxygen atoms in total. The van der Waals surface area contributed by atoms with E-state index < -0.39 is 0 Å². The normalized spacial score (nSPS) is 15.6. The van der Waals surface area contributed by atoms with Crippen molar-refractivity contribution in [1.29, 1.82) is 0 Å². The Morgan fingerprint density at radius 1 is 1.30 bits per heavy atom. The summed E-state index contributed by atoms with van der Waals surface area (Å²) in [6.07, 6.45) is 5.40. The van der Waals surface area contributed by atoms with Gasteiger partial charge >= 0.3 is 0 Å². The Morgan fingerprint density at radius 2 is 2.00 bits per heavy atom. The molecule has 1 aliphatic rings. The van der Waals surface area contributed by atoms with Crippen molar-refractivity contribution in [2.24, 2.45) is 5.73 Å². The molecule has 0 fully saturated rings. The summed E-state index contributed by atoms with van der Waals surface area (Å²) in [7, 11) is 3.32. The molecule has 108 valence electrons. The second-order valence-corrected chi connectivity index (χ2v) is 5.13. The average molecular weight is 292 g/mol. The largest absolute Gasteiger partial charge is 0.493 e. The monoisotopic (exact) mass is 292 g/mol. The Bertz CT molecular complexity index is 541. The molecule has 0 bridgehead atoms. The smallest absolute Gasteiger partial charge is 0.163 e. The molecule has 1 aliphatic carbocycles. The van der Waals surface area contributed by atoms with Crippen LogP contribution in [0.4, 0.5) is 0 Å². The molecule has 5 heteroatoms. The summed E-state index contributed by atoms with van der Waals surface area (Å²) in [5, 5.41) is 3.28.